The molecular weight excluding hydrogens is 339 g/mol. The maximum Gasteiger partial charge on any atom is 0.522 e. The molecule has 1 aromatic heterocycles. The summed E-state index contributed by atoms with van der Waals surface area (Å²) in [4.78, 5) is 3.63. The molecule has 0 saturated carbocycles. The third kappa shape index (κ3) is 6.84. The molecule has 0 aliphatic heterocycles. The van der Waals surface area contributed by atoms with Crippen LogP contribution in [0.2, 0.25) is 0 Å². The molecule has 0 radical (unpaired) electrons. The molecule has 1 aromatic rings. The minimum absolute atomic E-state index is 0.225. The molecule has 7 nitrogen and oxygen atoms in total. The average molecular weight is 351 g/mol. The van der Waals surface area contributed by atoms with Crippen molar-refractivity contribution in [3.05, 3.63) is 23.9 Å². The van der Waals surface area contributed by atoms with E-state index in [0.29, 0.717) is 12.0 Å². The zero-order valence-electron chi connectivity index (χ0n) is 10.6. The van der Waals surface area contributed by atoms with E-state index in [0.717, 1.165) is 6.42 Å². The van der Waals surface area contributed by atoms with Crippen LogP contribution >= 0.6 is 0 Å². The van der Waals surface area contributed by atoms with Gasteiger partial charge in [0.25, 0.3) is 0 Å². The fraction of sp³-hybridized carbons (Fsp3) is 0.444. The van der Waals surface area contributed by atoms with Crippen molar-refractivity contribution in [2.75, 3.05) is 0 Å². The summed E-state index contributed by atoms with van der Waals surface area (Å²) >= 11 is 0. The van der Waals surface area contributed by atoms with E-state index in [-0.39, 0.29) is 5.03 Å². The molecule has 12 heteroatoms. The highest BCUT2D eigenvalue weighted by molar-refractivity contribution is 7.86. The molecule has 1 rings (SSSR count). The predicted octanol–water partition coefficient (Wildman–Crippen LogP) is 1.67. The van der Waals surface area contributed by atoms with E-state index in [1.165, 1.54) is 6.20 Å². The lowest BCUT2D eigenvalue weighted by atomic mass is 10.2. The fourth-order valence-electron chi connectivity index (χ4n) is 1.12. The summed E-state index contributed by atoms with van der Waals surface area (Å²) in [5.74, 6) is 0. The number of rotatable bonds is 3. The van der Waals surface area contributed by atoms with Crippen molar-refractivity contribution in [2.45, 2.75) is 30.3 Å². The highest BCUT2D eigenvalue weighted by Crippen LogP contribution is 2.20. The lowest BCUT2D eigenvalue weighted by Gasteiger charge is -2.02. The first-order valence-corrected chi connectivity index (χ1v) is 8.13. The molecule has 0 aliphatic rings. The Kier molecular flexibility index (Phi) is 6.73. The van der Waals surface area contributed by atoms with Crippen molar-refractivity contribution in [2.24, 2.45) is 0 Å². The van der Waals surface area contributed by atoms with Gasteiger partial charge in [0.2, 0.25) is 0 Å². The van der Waals surface area contributed by atoms with E-state index in [1.807, 2.05) is 6.92 Å². The Morgan fingerprint density at radius 2 is 1.67 bits per heavy atom. The molecular formula is C9H12F3NO6S2. The lowest BCUT2D eigenvalue weighted by Crippen LogP contribution is -2.21. The van der Waals surface area contributed by atoms with Gasteiger partial charge < -0.3 is 0 Å². The second kappa shape index (κ2) is 7.15. The SMILES string of the molecule is CCCc1cccnc1S(=O)(=O)O.O=S(=O)(O)C(F)(F)F. The molecule has 0 fully saturated rings. The molecule has 0 amide bonds. The summed E-state index contributed by atoms with van der Waals surface area (Å²) in [5, 5.41) is -0.225. The second-order valence-corrected chi connectivity index (χ2v) is 6.36. The van der Waals surface area contributed by atoms with Crippen LogP contribution < -0.4 is 0 Å². The summed E-state index contributed by atoms with van der Waals surface area (Å²) in [6, 6.07) is 3.30. The van der Waals surface area contributed by atoms with Gasteiger partial charge in [-0.1, -0.05) is 19.4 Å². The number of aryl methyl sites for hydroxylation is 1. The standard InChI is InChI=1S/C8H11NO3S.CHF3O3S/c1-2-4-7-5-3-6-9-8(7)13(10,11)12;2-1(3,4)8(5,6)7/h3,5-6H,2,4H2,1H3,(H,10,11,12);(H,5,6,7). The lowest BCUT2D eigenvalue weighted by molar-refractivity contribution is -0.0510. The third-order valence-electron chi connectivity index (χ3n) is 1.91. The molecule has 21 heavy (non-hydrogen) atoms. The first-order chi connectivity index (χ1) is 9.30. The van der Waals surface area contributed by atoms with Crippen LogP contribution in [0.5, 0.6) is 0 Å². The van der Waals surface area contributed by atoms with E-state index in [1.54, 1.807) is 12.1 Å². The highest BCUT2D eigenvalue weighted by Gasteiger charge is 2.44. The highest BCUT2D eigenvalue weighted by atomic mass is 32.2. The van der Waals surface area contributed by atoms with Gasteiger partial charge in [0.15, 0.2) is 5.03 Å². The Labute approximate surface area is 119 Å². The van der Waals surface area contributed by atoms with Crippen molar-refractivity contribution in [1.29, 1.82) is 0 Å². The van der Waals surface area contributed by atoms with Crippen LogP contribution in [0.4, 0.5) is 13.2 Å². The van der Waals surface area contributed by atoms with Gasteiger partial charge >= 0.3 is 25.7 Å². The average Bonchev–Trinajstić information content (AvgIpc) is 2.26. The Bertz CT molecular complexity index is 669. The van der Waals surface area contributed by atoms with Crippen molar-refractivity contribution in [3.8, 4) is 0 Å². The number of halogens is 3. The number of pyridine rings is 1. The topological polar surface area (TPSA) is 122 Å². The monoisotopic (exact) mass is 351 g/mol. The summed E-state index contributed by atoms with van der Waals surface area (Å²) in [7, 11) is -10.0. The first kappa shape index (κ1) is 19.8. The molecule has 0 aliphatic carbocycles. The van der Waals surface area contributed by atoms with Crippen molar-refractivity contribution < 1.29 is 39.1 Å². The summed E-state index contributed by atoms with van der Waals surface area (Å²) in [6.45, 7) is 1.93. The Hall–Kier alpha value is -1.24. The van der Waals surface area contributed by atoms with E-state index < -0.39 is 25.7 Å². The van der Waals surface area contributed by atoms with E-state index in [2.05, 4.69) is 4.98 Å². The number of hydrogen-bond donors (Lipinski definition) is 2. The predicted molar refractivity (Wildman–Crippen MR) is 65.7 cm³/mol. The summed E-state index contributed by atoms with van der Waals surface area (Å²) in [5.41, 5.74) is -4.97. The maximum absolute atomic E-state index is 10.8. The largest absolute Gasteiger partial charge is 0.522 e. The molecule has 0 atom stereocenters. The number of nitrogens with zero attached hydrogens (tertiary/aromatic N) is 1. The van der Waals surface area contributed by atoms with Gasteiger partial charge in [0.1, 0.15) is 0 Å². The summed E-state index contributed by atoms with van der Waals surface area (Å²) < 4.78 is 88.0. The maximum atomic E-state index is 10.8. The molecule has 0 bridgehead atoms. The molecule has 0 spiro atoms. The van der Waals surface area contributed by atoms with Crippen molar-refractivity contribution >= 4 is 20.2 Å². The normalized spacial score (nSPS) is 12.5. The van der Waals surface area contributed by atoms with E-state index in [4.69, 9.17) is 17.5 Å². The third-order valence-corrected chi connectivity index (χ3v) is 3.35. The minimum Gasteiger partial charge on any atom is -0.281 e. The van der Waals surface area contributed by atoms with Gasteiger partial charge in [-0.3, -0.25) is 9.11 Å². The van der Waals surface area contributed by atoms with Gasteiger partial charge in [-0.05, 0) is 18.1 Å². The number of hydrogen-bond acceptors (Lipinski definition) is 5. The number of aromatic nitrogens is 1. The second-order valence-electron chi connectivity index (χ2n) is 3.61. The van der Waals surface area contributed by atoms with E-state index in [9.17, 15) is 21.6 Å². The van der Waals surface area contributed by atoms with Crippen LogP contribution in [0.3, 0.4) is 0 Å². The molecule has 0 saturated heterocycles. The zero-order chi connectivity index (χ0) is 16.9. The van der Waals surface area contributed by atoms with Crippen LogP contribution in [0.25, 0.3) is 0 Å². The molecule has 1 heterocycles. The van der Waals surface area contributed by atoms with Crippen LogP contribution in [0, 0.1) is 0 Å². The van der Waals surface area contributed by atoms with Crippen LogP contribution in [-0.2, 0) is 26.7 Å². The van der Waals surface area contributed by atoms with Crippen LogP contribution in [0.15, 0.2) is 23.4 Å². The van der Waals surface area contributed by atoms with Crippen LogP contribution in [-0.4, -0.2) is 36.4 Å². The van der Waals surface area contributed by atoms with Gasteiger partial charge in [0.05, 0.1) is 0 Å². The molecule has 122 valence electrons. The quantitative estimate of drug-likeness (QED) is 0.627. The van der Waals surface area contributed by atoms with Gasteiger partial charge in [-0.2, -0.15) is 30.0 Å². The zero-order valence-corrected chi connectivity index (χ0v) is 12.2. The van der Waals surface area contributed by atoms with Crippen LogP contribution in [0.1, 0.15) is 18.9 Å². The van der Waals surface area contributed by atoms with Gasteiger partial charge in [-0.25, -0.2) is 4.98 Å². The van der Waals surface area contributed by atoms with Gasteiger partial charge in [-0.15, -0.1) is 0 Å². The minimum atomic E-state index is -5.84. The van der Waals surface area contributed by atoms with E-state index >= 15 is 0 Å². The summed E-state index contributed by atoms with van der Waals surface area (Å²) in [6.07, 6.45) is 2.76. The first-order valence-electron chi connectivity index (χ1n) is 5.25. The molecule has 0 aromatic carbocycles. The number of alkyl halides is 3. The Morgan fingerprint density at radius 1 is 1.19 bits per heavy atom. The Morgan fingerprint density at radius 3 is 2.00 bits per heavy atom. The van der Waals surface area contributed by atoms with Crippen molar-refractivity contribution in [3.63, 3.8) is 0 Å². The molecule has 0 unspecified atom stereocenters. The smallest absolute Gasteiger partial charge is 0.281 e. The Balaban J connectivity index is 0.000000433. The van der Waals surface area contributed by atoms with Crippen molar-refractivity contribution in [1.82, 2.24) is 4.98 Å². The van der Waals surface area contributed by atoms with Gasteiger partial charge in [0, 0.05) is 6.20 Å². The molecule has 2 N–H and O–H groups in total. The fourth-order valence-corrected chi connectivity index (χ4v) is 1.81.